The van der Waals surface area contributed by atoms with Crippen LogP contribution in [0.2, 0.25) is 0 Å². The first kappa shape index (κ1) is 18.3. The minimum atomic E-state index is -0.0165. The number of aromatic nitrogens is 4. The third-order valence-corrected chi connectivity index (χ3v) is 5.27. The summed E-state index contributed by atoms with van der Waals surface area (Å²) in [6.07, 6.45) is 7.33. The molecular formula is C21H23N5O2. The Morgan fingerprint density at radius 2 is 2.00 bits per heavy atom. The van der Waals surface area contributed by atoms with E-state index in [1.807, 2.05) is 30.2 Å². The summed E-state index contributed by atoms with van der Waals surface area (Å²) in [4.78, 5) is 28.2. The number of likely N-dealkylation sites (tertiary alicyclic amines) is 1. The fourth-order valence-electron chi connectivity index (χ4n) is 3.88. The van der Waals surface area contributed by atoms with Crippen molar-refractivity contribution in [3.05, 3.63) is 59.3 Å². The third kappa shape index (κ3) is 3.40. The van der Waals surface area contributed by atoms with Gasteiger partial charge in [0.25, 0.3) is 5.91 Å². The molecule has 1 amide bonds. The van der Waals surface area contributed by atoms with Gasteiger partial charge in [-0.3, -0.25) is 9.78 Å². The number of hydrogen-bond donors (Lipinski definition) is 0. The SMILES string of the molecule is Cc1ncc(-c2ccncc2)c([C@H]2CCCN(C(=O)c3c(C)noc3C)C2)n1. The van der Waals surface area contributed by atoms with Gasteiger partial charge in [0.2, 0.25) is 0 Å². The van der Waals surface area contributed by atoms with E-state index < -0.39 is 0 Å². The Morgan fingerprint density at radius 3 is 2.71 bits per heavy atom. The Bertz CT molecular complexity index is 980. The van der Waals surface area contributed by atoms with E-state index in [4.69, 9.17) is 9.51 Å². The summed E-state index contributed by atoms with van der Waals surface area (Å²) < 4.78 is 5.19. The number of nitrogens with zero attached hydrogens (tertiary/aromatic N) is 5. The lowest BCUT2D eigenvalue weighted by atomic mass is 9.89. The van der Waals surface area contributed by atoms with Gasteiger partial charge >= 0.3 is 0 Å². The number of rotatable bonds is 3. The van der Waals surface area contributed by atoms with Crippen molar-refractivity contribution >= 4 is 5.91 Å². The first-order chi connectivity index (χ1) is 13.5. The summed E-state index contributed by atoms with van der Waals surface area (Å²) >= 11 is 0. The van der Waals surface area contributed by atoms with Gasteiger partial charge in [0, 0.05) is 43.2 Å². The maximum absolute atomic E-state index is 13.1. The lowest BCUT2D eigenvalue weighted by molar-refractivity contribution is 0.0703. The molecule has 28 heavy (non-hydrogen) atoms. The third-order valence-electron chi connectivity index (χ3n) is 5.27. The Balaban J connectivity index is 1.65. The van der Waals surface area contributed by atoms with Crippen LogP contribution in [0.1, 0.15) is 52.1 Å². The van der Waals surface area contributed by atoms with Crippen LogP contribution in [0.15, 0.2) is 35.2 Å². The maximum atomic E-state index is 13.1. The highest BCUT2D eigenvalue weighted by atomic mass is 16.5. The number of amides is 1. The number of pyridine rings is 1. The van der Waals surface area contributed by atoms with Crippen molar-refractivity contribution in [2.75, 3.05) is 13.1 Å². The summed E-state index contributed by atoms with van der Waals surface area (Å²) in [5.41, 5.74) is 4.26. The lowest BCUT2D eigenvalue weighted by Gasteiger charge is -2.33. The molecule has 0 N–H and O–H groups in total. The van der Waals surface area contributed by atoms with E-state index >= 15 is 0 Å². The van der Waals surface area contributed by atoms with Crippen molar-refractivity contribution in [2.24, 2.45) is 0 Å². The van der Waals surface area contributed by atoms with Crippen molar-refractivity contribution in [3.8, 4) is 11.1 Å². The molecule has 1 fully saturated rings. The second-order valence-electron chi connectivity index (χ2n) is 7.24. The molecule has 144 valence electrons. The molecule has 4 heterocycles. The summed E-state index contributed by atoms with van der Waals surface area (Å²) in [5, 5.41) is 3.93. The Kier molecular flexibility index (Phi) is 4.90. The van der Waals surface area contributed by atoms with Crippen molar-refractivity contribution in [2.45, 2.75) is 39.5 Å². The van der Waals surface area contributed by atoms with E-state index in [1.54, 1.807) is 26.2 Å². The van der Waals surface area contributed by atoms with Crippen LogP contribution >= 0.6 is 0 Å². The molecule has 1 saturated heterocycles. The molecule has 0 spiro atoms. The van der Waals surface area contributed by atoms with Crippen LogP contribution in [0.3, 0.4) is 0 Å². The number of hydrogen-bond acceptors (Lipinski definition) is 6. The van der Waals surface area contributed by atoms with Crippen LogP contribution in [0.25, 0.3) is 11.1 Å². The van der Waals surface area contributed by atoms with Crippen molar-refractivity contribution in [3.63, 3.8) is 0 Å². The Hall–Kier alpha value is -3.09. The number of piperidine rings is 1. The van der Waals surface area contributed by atoms with Gasteiger partial charge in [-0.05, 0) is 51.3 Å². The second kappa shape index (κ2) is 7.50. The van der Waals surface area contributed by atoms with E-state index in [0.717, 1.165) is 42.0 Å². The molecule has 0 aromatic carbocycles. The zero-order valence-corrected chi connectivity index (χ0v) is 16.3. The quantitative estimate of drug-likeness (QED) is 0.695. The fraction of sp³-hybridized carbons (Fsp3) is 0.381. The molecule has 3 aromatic heterocycles. The van der Waals surface area contributed by atoms with E-state index in [0.29, 0.717) is 23.6 Å². The van der Waals surface area contributed by atoms with Crippen LogP contribution < -0.4 is 0 Å². The molecule has 1 atom stereocenters. The van der Waals surface area contributed by atoms with Gasteiger partial charge in [-0.15, -0.1) is 0 Å². The molecule has 0 bridgehead atoms. The van der Waals surface area contributed by atoms with Gasteiger partial charge < -0.3 is 9.42 Å². The number of carbonyl (C=O) groups excluding carboxylic acids is 1. The maximum Gasteiger partial charge on any atom is 0.259 e. The monoisotopic (exact) mass is 377 g/mol. The summed E-state index contributed by atoms with van der Waals surface area (Å²) in [6, 6.07) is 3.93. The van der Waals surface area contributed by atoms with Crippen molar-refractivity contribution < 1.29 is 9.32 Å². The number of carbonyl (C=O) groups is 1. The highest BCUT2D eigenvalue weighted by molar-refractivity contribution is 5.96. The molecule has 7 heteroatoms. The van der Waals surface area contributed by atoms with Gasteiger partial charge in [-0.1, -0.05) is 5.16 Å². The summed E-state index contributed by atoms with van der Waals surface area (Å²) in [7, 11) is 0. The average molecular weight is 377 g/mol. The Morgan fingerprint density at radius 1 is 1.21 bits per heavy atom. The molecule has 0 aliphatic carbocycles. The van der Waals surface area contributed by atoms with Gasteiger partial charge in [0.05, 0.1) is 11.4 Å². The summed E-state index contributed by atoms with van der Waals surface area (Å²) in [5.74, 6) is 1.45. The van der Waals surface area contributed by atoms with Crippen LogP contribution in [-0.2, 0) is 0 Å². The van der Waals surface area contributed by atoms with E-state index in [2.05, 4.69) is 15.1 Å². The molecule has 0 unspecified atom stereocenters. The highest BCUT2D eigenvalue weighted by Crippen LogP contribution is 2.33. The molecule has 3 aromatic rings. The van der Waals surface area contributed by atoms with Gasteiger partial charge in [-0.25, -0.2) is 9.97 Å². The van der Waals surface area contributed by atoms with Crippen molar-refractivity contribution in [1.29, 1.82) is 0 Å². The van der Waals surface area contributed by atoms with Crippen LogP contribution in [-0.4, -0.2) is 44.0 Å². The number of aryl methyl sites for hydroxylation is 3. The molecule has 1 aliphatic heterocycles. The first-order valence-electron chi connectivity index (χ1n) is 9.50. The Labute approximate surface area is 163 Å². The topological polar surface area (TPSA) is 85.0 Å². The van der Waals surface area contributed by atoms with Gasteiger partial charge in [0.15, 0.2) is 0 Å². The second-order valence-corrected chi connectivity index (χ2v) is 7.24. The van der Waals surface area contributed by atoms with Gasteiger partial charge in [0.1, 0.15) is 17.1 Å². The standard InChI is InChI=1S/C21H23N5O2/c1-13-19(14(2)28-25-13)21(27)26-10-4-5-17(12-26)20-18(11-23-15(3)24-20)16-6-8-22-9-7-16/h6-9,11,17H,4-5,10,12H2,1-3H3/t17-/m0/s1. The molecule has 0 radical (unpaired) electrons. The first-order valence-corrected chi connectivity index (χ1v) is 9.50. The zero-order chi connectivity index (χ0) is 19.7. The molecule has 0 saturated carbocycles. The minimum absolute atomic E-state index is 0.0165. The van der Waals surface area contributed by atoms with E-state index in [-0.39, 0.29) is 11.8 Å². The van der Waals surface area contributed by atoms with Gasteiger partial charge in [-0.2, -0.15) is 0 Å². The predicted octanol–water partition coefficient (Wildman–Crippen LogP) is 3.47. The molecule has 7 nitrogen and oxygen atoms in total. The molecule has 4 rings (SSSR count). The zero-order valence-electron chi connectivity index (χ0n) is 16.3. The molecular weight excluding hydrogens is 354 g/mol. The van der Waals surface area contributed by atoms with Crippen LogP contribution in [0.5, 0.6) is 0 Å². The van der Waals surface area contributed by atoms with Crippen molar-refractivity contribution in [1.82, 2.24) is 25.0 Å². The normalized spacial score (nSPS) is 17.0. The highest BCUT2D eigenvalue weighted by Gasteiger charge is 2.30. The summed E-state index contributed by atoms with van der Waals surface area (Å²) in [6.45, 7) is 6.84. The molecule has 1 aliphatic rings. The lowest BCUT2D eigenvalue weighted by Crippen LogP contribution is -2.39. The van der Waals surface area contributed by atoms with Crippen LogP contribution in [0, 0.1) is 20.8 Å². The van der Waals surface area contributed by atoms with E-state index in [1.165, 1.54) is 0 Å². The average Bonchev–Trinajstić information content (AvgIpc) is 3.06. The predicted molar refractivity (Wildman–Crippen MR) is 104 cm³/mol. The van der Waals surface area contributed by atoms with E-state index in [9.17, 15) is 4.79 Å². The minimum Gasteiger partial charge on any atom is -0.361 e. The smallest absolute Gasteiger partial charge is 0.259 e. The largest absolute Gasteiger partial charge is 0.361 e. The van der Waals surface area contributed by atoms with Crippen LogP contribution in [0.4, 0.5) is 0 Å². The fourth-order valence-corrected chi connectivity index (χ4v) is 3.88.